The number of carboxylic acids is 1. The Hall–Kier alpha value is -2.41. The summed E-state index contributed by atoms with van der Waals surface area (Å²) >= 11 is 3.16. The van der Waals surface area contributed by atoms with E-state index in [0.717, 1.165) is 16.3 Å². The molecular formula is C16H14BrN2O4-. The number of hydrogen-bond acceptors (Lipinski definition) is 4. The normalized spacial score (nSPS) is 10.3. The molecule has 0 amide bonds. The van der Waals surface area contributed by atoms with Gasteiger partial charge in [0.05, 0.1) is 5.33 Å². The molecule has 0 atom stereocenters. The van der Waals surface area contributed by atoms with Crippen molar-refractivity contribution in [2.45, 2.75) is 13.3 Å². The molecule has 0 bridgehead atoms. The number of aliphatic carboxylic acids is 1. The van der Waals surface area contributed by atoms with E-state index in [-0.39, 0.29) is 23.1 Å². The predicted octanol–water partition coefficient (Wildman–Crippen LogP) is 1.73. The average molecular weight is 378 g/mol. The van der Waals surface area contributed by atoms with Gasteiger partial charge in [0.1, 0.15) is 5.52 Å². The maximum atomic E-state index is 11.8. The zero-order valence-electron chi connectivity index (χ0n) is 12.3. The molecule has 3 aromatic rings. The van der Waals surface area contributed by atoms with Gasteiger partial charge < -0.3 is 19.9 Å². The Morgan fingerprint density at radius 3 is 2.52 bits per heavy atom. The number of benzene rings is 1. The van der Waals surface area contributed by atoms with Gasteiger partial charge in [0, 0.05) is 34.0 Å². The number of ketones is 1. The minimum atomic E-state index is -0.995. The Kier molecular flexibility index (Phi) is 5.33. The molecule has 0 fully saturated rings. The van der Waals surface area contributed by atoms with Gasteiger partial charge in [-0.05, 0) is 30.7 Å². The molecule has 0 aliphatic carbocycles. The number of aromatic nitrogens is 2. The van der Waals surface area contributed by atoms with Crippen LogP contribution in [-0.2, 0) is 4.79 Å². The number of aromatic amines is 2. The number of carboxylic acid groups (broad SMARTS) is 1. The van der Waals surface area contributed by atoms with Crippen LogP contribution in [0.5, 0.6) is 0 Å². The second kappa shape index (κ2) is 7.23. The zero-order valence-corrected chi connectivity index (χ0v) is 13.9. The number of nitrogens with one attached hydrogen (secondary N) is 2. The first-order valence-electron chi connectivity index (χ1n) is 6.90. The molecule has 0 unspecified atom stereocenters. The van der Waals surface area contributed by atoms with Crippen molar-refractivity contribution in [1.29, 1.82) is 0 Å². The van der Waals surface area contributed by atoms with Crippen molar-refractivity contribution < 1.29 is 14.7 Å². The fraction of sp³-hybridized carbons (Fsp3) is 0.188. The van der Waals surface area contributed by atoms with Crippen molar-refractivity contribution in [3.63, 3.8) is 0 Å². The van der Waals surface area contributed by atoms with E-state index < -0.39 is 5.97 Å². The molecule has 0 radical (unpaired) electrons. The zero-order chi connectivity index (χ0) is 17.0. The van der Waals surface area contributed by atoms with Crippen LogP contribution in [-0.4, -0.2) is 27.1 Å². The van der Waals surface area contributed by atoms with E-state index in [4.69, 9.17) is 0 Å². The standard InChI is InChI=1S/C13H9BrN2O2.C3H6O2/c14-6-11(17)7-1-2-10-9(5-7)8-3-4-15-12(8)13(18)16-10;1-2-3(4)5/h1-5,15H,6H2,(H,16,18);2H2,1H3,(H,4,5)/p-1. The van der Waals surface area contributed by atoms with Crippen molar-refractivity contribution in [2.24, 2.45) is 0 Å². The number of hydrogen-bond donors (Lipinski definition) is 2. The molecule has 2 aromatic heterocycles. The SMILES string of the molecule is CCC(=O)[O-].O=C(CBr)c1ccc2[nH]c(=O)c3[nH]ccc3c2c1. The molecule has 2 N–H and O–H groups in total. The van der Waals surface area contributed by atoms with Crippen LogP contribution >= 0.6 is 15.9 Å². The smallest absolute Gasteiger partial charge is 0.272 e. The van der Waals surface area contributed by atoms with Crippen LogP contribution in [0, 0.1) is 0 Å². The van der Waals surface area contributed by atoms with E-state index in [0.29, 0.717) is 11.1 Å². The second-order valence-electron chi connectivity index (χ2n) is 4.76. The third-order valence-corrected chi connectivity index (χ3v) is 3.77. The molecule has 7 heteroatoms. The van der Waals surface area contributed by atoms with Gasteiger partial charge >= 0.3 is 0 Å². The van der Waals surface area contributed by atoms with Crippen molar-refractivity contribution in [3.05, 3.63) is 46.4 Å². The monoisotopic (exact) mass is 377 g/mol. The van der Waals surface area contributed by atoms with Gasteiger partial charge in [-0.15, -0.1) is 0 Å². The first-order chi connectivity index (χ1) is 11.0. The van der Waals surface area contributed by atoms with E-state index in [1.165, 1.54) is 6.92 Å². The maximum Gasteiger partial charge on any atom is 0.272 e. The highest BCUT2D eigenvalue weighted by Crippen LogP contribution is 2.22. The minimum absolute atomic E-state index is 0.0202. The Morgan fingerprint density at radius 2 is 1.91 bits per heavy atom. The lowest BCUT2D eigenvalue weighted by Crippen LogP contribution is -2.19. The lowest BCUT2D eigenvalue weighted by molar-refractivity contribution is -0.305. The summed E-state index contributed by atoms with van der Waals surface area (Å²) in [6.07, 6.45) is 1.83. The maximum absolute atomic E-state index is 11.8. The van der Waals surface area contributed by atoms with Crippen molar-refractivity contribution in [3.8, 4) is 0 Å². The van der Waals surface area contributed by atoms with Crippen LogP contribution in [0.1, 0.15) is 23.7 Å². The summed E-state index contributed by atoms with van der Waals surface area (Å²) < 4.78 is 0. The second-order valence-corrected chi connectivity index (χ2v) is 5.32. The van der Waals surface area contributed by atoms with Gasteiger partial charge in [-0.1, -0.05) is 22.9 Å². The van der Waals surface area contributed by atoms with E-state index >= 15 is 0 Å². The third kappa shape index (κ3) is 3.68. The van der Waals surface area contributed by atoms with E-state index in [9.17, 15) is 19.5 Å². The summed E-state index contributed by atoms with van der Waals surface area (Å²) in [5, 5.41) is 11.3. The van der Waals surface area contributed by atoms with E-state index in [1.807, 2.05) is 12.1 Å². The number of rotatable bonds is 3. The molecule has 120 valence electrons. The largest absolute Gasteiger partial charge is 0.550 e. The molecular weight excluding hydrogens is 364 g/mol. The third-order valence-electron chi connectivity index (χ3n) is 3.26. The number of halogens is 1. The summed E-state index contributed by atoms with van der Waals surface area (Å²) in [6, 6.07) is 7.14. The van der Waals surface area contributed by atoms with Crippen molar-refractivity contribution in [1.82, 2.24) is 9.97 Å². The summed E-state index contributed by atoms with van der Waals surface area (Å²) in [4.78, 5) is 38.4. The van der Waals surface area contributed by atoms with E-state index in [1.54, 1.807) is 18.3 Å². The summed E-state index contributed by atoms with van der Waals surface area (Å²) in [6.45, 7) is 1.54. The van der Waals surface area contributed by atoms with Gasteiger partial charge in [0.25, 0.3) is 5.56 Å². The summed E-state index contributed by atoms with van der Waals surface area (Å²) in [5.41, 5.74) is 1.75. The topological polar surface area (TPSA) is 106 Å². The summed E-state index contributed by atoms with van der Waals surface area (Å²) in [5.74, 6) is -0.975. The van der Waals surface area contributed by atoms with Crippen molar-refractivity contribution >= 4 is 49.5 Å². The number of Topliss-reactive ketones (excluding diaryl/α,β-unsaturated/α-hetero) is 1. The van der Waals surface area contributed by atoms with Gasteiger partial charge in [-0.3, -0.25) is 9.59 Å². The fourth-order valence-corrected chi connectivity index (χ4v) is 2.42. The molecule has 0 saturated carbocycles. The van der Waals surface area contributed by atoms with E-state index in [2.05, 4.69) is 25.9 Å². The minimum Gasteiger partial charge on any atom is -0.550 e. The average Bonchev–Trinajstić information content (AvgIpc) is 3.05. The number of fused-ring (bicyclic) bond motifs is 3. The Balaban J connectivity index is 0.000000338. The van der Waals surface area contributed by atoms with Crippen LogP contribution in [0.25, 0.3) is 21.8 Å². The highest BCUT2D eigenvalue weighted by molar-refractivity contribution is 9.09. The van der Waals surface area contributed by atoms with Crippen LogP contribution in [0.4, 0.5) is 0 Å². The first-order valence-corrected chi connectivity index (χ1v) is 8.02. The van der Waals surface area contributed by atoms with Crippen LogP contribution < -0.4 is 10.7 Å². The van der Waals surface area contributed by atoms with Crippen LogP contribution in [0.15, 0.2) is 35.3 Å². The highest BCUT2D eigenvalue weighted by atomic mass is 79.9. The molecule has 2 heterocycles. The molecule has 0 spiro atoms. The highest BCUT2D eigenvalue weighted by Gasteiger charge is 2.09. The fourth-order valence-electron chi connectivity index (χ4n) is 2.09. The summed E-state index contributed by atoms with van der Waals surface area (Å²) in [7, 11) is 0. The van der Waals surface area contributed by atoms with Gasteiger partial charge in [0.2, 0.25) is 0 Å². The molecule has 0 saturated heterocycles. The first kappa shape index (κ1) is 17.0. The predicted molar refractivity (Wildman–Crippen MR) is 89.8 cm³/mol. The number of carbonyl (C=O) groups is 2. The van der Waals surface area contributed by atoms with Crippen molar-refractivity contribution in [2.75, 3.05) is 5.33 Å². The van der Waals surface area contributed by atoms with Crippen LogP contribution in [0.2, 0.25) is 0 Å². The molecule has 1 aromatic carbocycles. The Bertz CT molecular complexity index is 927. The molecule has 0 aliphatic rings. The van der Waals surface area contributed by atoms with Gasteiger partial charge in [-0.25, -0.2) is 0 Å². The molecule has 6 nitrogen and oxygen atoms in total. The number of alkyl halides is 1. The number of pyridine rings is 1. The molecule has 0 aliphatic heterocycles. The lowest BCUT2D eigenvalue weighted by atomic mass is 10.1. The molecule has 23 heavy (non-hydrogen) atoms. The Labute approximate surface area is 139 Å². The molecule has 3 rings (SSSR count). The lowest BCUT2D eigenvalue weighted by Gasteiger charge is -2.02. The quantitative estimate of drug-likeness (QED) is 0.535. The van der Waals surface area contributed by atoms with Crippen LogP contribution in [0.3, 0.4) is 0 Å². The van der Waals surface area contributed by atoms with Gasteiger partial charge in [-0.2, -0.15) is 0 Å². The Morgan fingerprint density at radius 1 is 1.22 bits per heavy atom. The number of H-pyrrole nitrogens is 2. The van der Waals surface area contributed by atoms with Gasteiger partial charge in [0.15, 0.2) is 5.78 Å². The number of carbonyl (C=O) groups excluding carboxylic acids is 2.